The average Bonchev–Trinajstić information content (AvgIpc) is 3.06. The fourth-order valence-electron chi connectivity index (χ4n) is 3.54. The maximum atomic E-state index is 11.5. The fourth-order valence-corrected chi connectivity index (χ4v) is 4.99. The molecule has 1 N–H and O–H groups in total. The number of thiazole rings is 1. The number of sulfonamides is 1. The third-order valence-electron chi connectivity index (χ3n) is 4.99. The molecular weight excluding hydrogens is 334 g/mol. The molecule has 3 rings (SSSR count). The first-order valence-corrected chi connectivity index (χ1v) is 10.7. The molecule has 2 saturated heterocycles. The zero-order chi connectivity index (χ0) is 16.5. The van der Waals surface area contributed by atoms with Crippen molar-refractivity contribution >= 4 is 21.4 Å². The van der Waals surface area contributed by atoms with E-state index < -0.39 is 10.0 Å². The van der Waals surface area contributed by atoms with Gasteiger partial charge in [0.05, 0.1) is 22.6 Å². The van der Waals surface area contributed by atoms with Gasteiger partial charge in [-0.3, -0.25) is 4.90 Å². The number of rotatable bonds is 7. The number of hydrogen-bond donors (Lipinski definition) is 1. The van der Waals surface area contributed by atoms with Gasteiger partial charge in [-0.05, 0) is 32.6 Å². The van der Waals surface area contributed by atoms with Crippen LogP contribution in [0, 0.1) is 12.8 Å². The number of nitrogens with zero attached hydrogens (tertiary/aromatic N) is 2. The van der Waals surface area contributed by atoms with Gasteiger partial charge in [-0.25, -0.2) is 18.1 Å². The summed E-state index contributed by atoms with van der Waals surface area (Å²) in [5.74, 6) is 0.585. The minimum absolute atomic E-state index is 0.0593. The molecule has 2 aliphatic rings. The molecule has 0 aliphatic carbocycles. The summed E-state index contributed by atoms with van der Waals surface area (Å²) in [6.07, 6.45) is 1.88. The molecule has 0 saturated carbocycles. The normalized spacial score (nSPS) is 24.2. The summed E-state index contributed by atoms with van der Waals surface area (Å²) in [5, 5.41) is 0. The monoisotopic (exact) mass is 359 g/mol. The Morgan fingerprint density at radius 2 is 2.30 bits per heavy atom. The van der Waals surface area contributed by atoms with Gasteiger partial charge < -0.3 is 4.74 Å². The van der Waals surface area contributed by atoms with Gasteiger partial charge in [0.25, 0.3) is 0 Å². The molecule has 1 aromatic rings. The lowest BCUT2D eigenvalue weighted by Gasteiger charge is -2.50. The largest absolute Gasteiger partial charge is 0.372 e. The summed E-state index contributed by atoms with van der Waals surface area (Å²) in [4.78, 5) is 8.02. The highest BCUT2D eigenvalue weighted by atomic mass is 32.2. The van der Waals surface area contributed by atoms with Gasteiger partial charge in [0.1, 0.15) is 0 Å². The van der Waals surface area contributed by atoms with E-state index in [1.165, 1.54) is 4.88 Å². The van der Waals surface area contributed by atoms with Crippen LogP contribution in [-0.4, -0.2) is 55.9 Å². The van der Waals surface area contributed by atoms with E-state index in [2.05, 4.69) is 21.5 Å². The number of likely N-dealkylation sites (tertiary alicyclic amines) is 1. The van der Waals surface area contributed by atoms with E-state index in [1.54, 1.807) is 18.3 Å². The summed E-state index contributed by atoms with van der Waals surface area (Å²) >= 11 is 1.71. The van der Waals surface area contributed by atoms with Gasteiger partial charge in [0.15, 0.2) is 0 Å². The first kappa shape index (κ1) is 17.3. The van der Waals surface area contributed by atoms with Gasteiger partial charge in [0, 0.05) is 37.7 Å². The van der Waals surface area contributed by atoms with Crippen LogP contribution >= 0.6 is 11.3 Å². The molecule has 0 radical (unpaired) electrons. The van der Waals surface area contributed by atoms with Crippen LogP contribution in [-0.2, 0) is 21.3 Å². The van der Waals surface area contributed by atoms with Gasteiger partial charge in [0.2, 0.25) is 10.0 Å². The maximum absolute atomic E-state index is 11.5. The Bertz CT molecular complexity index is 638. The van der Waals surface area contributed by atoms with Crippen LogP contribution in [0.3, 0.4) is 0 Å². The topological polar surface area (TPSA) is 71.5 Å². The number of nitrogens with one attached hydrogen (secondary N) is 1. The van der Waals surface area contributed by atoms with Crippen molar-refractivity contribution in [3.05, 3.63) is 16.1 Å². The molecule has 0 unspecified atom stereocenters. The minimum atomic E-state index is -3.09. The lowest BCUT2D eigenvalue weighted by molar-refractivity contribution is -0.136. The molecule has 0 aromatic carbocycles. The van der Waals surface area contributed by atoms with Crippen LogP contribution in [0.5, 0.6) is 0 Å². The second kappa shape index (κ2) is 6.76. The van der Waals surface area contributed by atoms with Crippen LogP contribution in [0.4, 0.5) is 0 Å². The van der Waals surface area contributed by atoms with Crippen LogP contribution < -0.4 is 4.72 Å². The summed E-state index contributed by atoms with van der Waals surface area (Å²) in [6.45, 7) is 7.84. The lowest BCUT2D eigenvalue weighted by Crippen LogP contribution is -2.64. The van der Waals surface area contributed by atoms with E-state index in [1.807, 2.05) is 5.51 Å². The minimum Gasteiger partial charge on any atom is -0.372 e. The quantitative estimate of drug-likeness (QED) is 0.796. The van der Waals surface area contributed by atoms with Crippen LogP contribution in [0.15, 0.2) is 5.51 Å². The van der Waals surface area contributed by atoms with Crippen molar-refractivity contribution < 1.29 is 13.2 Å². The molecule has 1 atom stereocenters. The number of aromatic nitrogens is 1. The summed E-state index contributed by atoms with van der Waals surface area (Å²) in [5.41, 5.74) is 2.96. The highest BCUT2D eigenvalue weighted by Gasteiger charge is 2.52. The Labute approximate surface area is 142 Å². The van der Waals surface area contributed by atoms with E-state index in [-0.39, 0.29) is 11.4 Å². The summed E-state index contributed by atoms with van der Waals surface area (Å²) in [7, 11) is -3.09. The standard InChI is InChI=1S/C15H25N3O3S2/c1-3-23(19,20)17-6-4-13-5-7-21-15(13)9-18(10-15)8-14-12(2)16-11-22-14/h11,13,17H,3-10H2,1-2H3/t13-/m1/s1. The van der Waals surface area contributed by atoms with Crippen molar-refractivity contribution in [2.75, 3.05) is 32.0 Å². The molecule has 1 aromatic heterocycles. The van der Waals surface area contributed by atoms with E-state index in [0.29, 0.717) is 12.5 Å². The predicted octanol–water partition coefficient (Wildman–Crippen LogP) is 1.37. The Hall–Kier alpha value is -0.540. The third kappa shape index (κ3) is 3.76. The second-order valence-corrected chi connectivity index (χ2v) is 9.53. The predicted molar refractivity (Wildman–Crippen MR) is 91.0 cm³/mol. The lowest BCUT2D eigenvalue weighted by atomic mass is 9.79. The Morgan fingerprint density at radius 3 is 2.96 bits per heavy atom. The molecule has 130 valence electrons. The molecule has 23 heavy (non-hydrogen) atoms. The Morgan fingerprint density at radius 1 is 1.52 bits per heavy atom. The second-order valence-electron chi connectivity index (χ2n) is 6.49. The van der Waals surface area contributed by atoms with Crippen LogP contribution in [0.25, 0.3) is 0 Å². The molecule has 2 fully saturated rings. The SMILES string of the molecule is CCS(=O)(=O)NCC[C@@H]1CCOC12CN(Cc1scnc1C)C2. The summed E-state index contributed by atoms with van der Waals surface area (Å²) in [6, 6.07) is 0. The smallest absolute Gasteiger partial charge is 0.211 e. The van der Waals surface area contributed by atoms with E-state index >= 15 is 0 Å². The first-order chi connectivity index (χ1) is 10.9. The fraction of sp³-hybridized carbons (Fsp3) is 0.800. The molecule has 0 bridgehead atoms. The van der Waals surface area contributed by atoms with Crippen molar-refractivity contribution in [3.63, 3.8) is 0 Å². The summed E-state index contributed by atoms with van der Waals surface area (Å²) < 4.78 is 31.8. The molecule has 2 aliphatic heterocycles. The van der Waals surface area contributed by atoms with Gasteiger partial charge in [-0.1, -0.05) is 0 Å². The zero-order valence-electron chi connectivity index (χ0n) is 13.7. The Kier molecular flexibility index (Phi) is 5.08. The molecule has 3 heterocycles. The van der Waals surface area contributed by atoms with Gasteiger partial charge in [-0.2, -0.15) is 0 Å². The number of aryl methyl sites for hydroxylation is 1. The van der Waals surface area contributed by atoms with Crippen molar-refractivity contribution in [2.24, 2.45) is 5.92 Å². The number of ether oxygens (including phenoxy) is 1. The molecular formula is C15H25N3O3S2. The third-order valence-corrected chi connectivity index (χ3v) is 7.31. The van der Waals surface area contributed by atoms with Crippen molar-refractivity contribution in [2.45, 2.75) is 38.8 Å². The molecule has 0 amide bonds. The van der Waals surface area contributed by atoms with Crippen molar-refractivity contribution in [3.8, 4) is 0 Å². The van der Waals surface area contributed by atoms with Crippen molar-refractivity contribution in [1.82, 2.24) is 14.6 Å². The van der Waals surface area contributed by atoms with Crippen molar-refractivity contribution in [1.29, 1.82) is 0 Å². The first-order valence-electron chi connectivity index (χ1n) is 8.17. The van der Waals surface area contributed by atoms with Crippen LogP contribution in [0.2, 0.25) is 0 Å². The Balaban J connectivity index is 1.49. The van der Waals surface area contributed by atoms with Gasteiger partial charge in [-0.15, -0.1) is 11.3 Å². The number of hydrogen-bond acceptors (Lipinski definition) is 6. The average molecular weight is 360 g/mol. The van der Waals surface area contributed by atoms with E-state index in [4.69, 9.17) is 4.74 Å². The highest BCUT2D eigenvalue weighted by molar-refractivity contribution is 7.89. The van der Waals surface area contributed by atoms with Crippen LogP contribution in [0.1, 0.15) is 30.3 Å². The molecule has 8 heteroatoms. The highest BCUT2D eigenvalue weighted by Crippen LogP contribution is 2.42. The maximum Gasteiger partial charge on any atom is 0.211 e. The molecule has 1 spiro atoms. The molecule has 6 nitrogen and oxygen atoms in total. The van der Waals surface area contributed by atoms with E-state index in [9.17, 15) is 8.42 Å². The van der Waals surface area contributed by atoms with Gasteiger partial charge >= 0.3 is 0 Å². The zero-order valence-corrected chi connectivity index (χ0v) is 15.4. The van der Waals surface area contributed by atoms with E-state index in [0.717, 1.165) is 44.8 Å².